The fourth-order valence-electron chi connectivity index (χ4n) is 2.03. The topological polar surface area (TPSA) is 66.4 Å². The van der Waals surface area contributed by atoms with E-state index < -0.39 is 15.9 Å². The number of hydrogen-bond acceptors (Lipinski definition) is 4. The number of nitrogens with one attached hydrogen (secondary N) is 1. The van der Waals surface area contributed by atoms with Crippen molar-refractivity contribution in [3.8, 4) is 0 Å². The Hall–Kier alpha value is -0.910. The number of hydrogen-bond donors (Lipinski definition) is 2. The van der Waals surface area contributed by atoms with E-state index >= 15 is 0 Å². The fraction of sp³-hybridized carbons (Fsp3) is 0.571. The molecule has 1 aliphatic carbocycles. The highest BCUT2D eigenvalue weighted by Gasteiger charge is 2.25. The molecule has 1 saturated carbocycles. The molecule has 0 aliphatic heterocycles. The highest BCUT2D eigenvalue weighted by atomic mass is 32.2. The molecule has 5 heteroatoms. The highest BCUT2D eigenvalue weighted by molar-refractivity contribution is 7.91. The Morgan fingerprint density at radius 3 is 2.68 bits per heavy atom. The molecule has 1 aromatic rings. The van der Waals surface area contributed by atoms with Gasteiger partial charge in [0.1, 0.15) is 0 Å². The first kappa shape index (κ1) is 14.5. The minimum Gasteiger partial charge on any atom is -0.391 e. The van der Waals surface area contributed by atoms with Crippen LogP contribution in [-0.2, 0) is 9.84 Å². The van der Waals surface area contributed by atoms with Gasteiger partial charge < -0.3 is 10.4 Å². The predicted octanol–water partition coefficient (Wildman–Crippen LogP) is 1.19. The largest absolute Gasteiger partial charge is 0.391 e. The standard InChI is InChI=1S/C14H21NO3S/c1-10-3-4-11(2)14(7-10)19(17,18)9-13(16)8-15-12-5-6-12/h3-4,7,12-13,15-16H,5-6,8-9H2,1-2H3. The Kier molecular flexibility index (Phi) is 4.28. The molecule has 0 bridgehead atoms. The van der Waals surface area contributed by atoms with E-state index in [2.05, 4.69) is 5.32 Å². The van der Waals surface area contributed by atoms with E-state index in [0.29, 0.717) is 17.5 Å². The van der Waals surface area contributed by atoms with E-state index in [0.717, 1.165) is 24.0 Å². The Labute approximate surface area is 114 Å². The molecule has 4 nitrogen and oxygen atoms in total. The van der Waals surface area contributed by atoms with Crippen LogP contribution in [0.3, 0.4) is 0 Å². The van der Waals surface area contributed by atoms with Gasteiger partial charge in [0.25, 0.3) is 0 Å². The van der Waals surface area contributed by atoms with Crippen molar-refractivity contribution >= 4 is 9.84 Å². The lowest BCUT2D eigenvalue weighted by atomic mass is 10.2. The molecule has 106 valence electrons. The molecule has 0 spiro atoms. The van der Waals surface area contributed by atoms with Crippen molar-refractivity contribution in [1.29, 1.82) is 0 Å². The number of aliphatic hydroxyl groups is 1. The van der Waals surface area contributed by atoms with Crippen molar-refractivity contribution in [2.45, 2.75) is 43.7 Å². The Bertz CT molecular complexity index is 550. The first-order valence-electron chi connectivity index (χ1n) is 6.60. The van der Waals surface area contributed by atoms with E-state index in [1.807, 2.05) is 13.0 Å². The van der Waals surface area contributed by atoms with Crippen LogP contribution in [0.1, 0.15) is 24.0 Å². The second-order valence-electron chi connectivity index (χ2n) is 5.39. The van der Waals surface area contributed by atoms with Crippen molar-refractivity contribution in [3.63, 3.8) is 0 Å². The Morgan fingerprint density at radius 1 is 1.37 bits per heavy atom. The normalized spacial score (nSPS) is 17.4. The van der Waals surface area contributed by atoms with Gasteiger partial charge in [-0.25, -0.2) is 8.42 Å². The monoisotopic (exact) mass is 283 g/mol. The van der Waals surface area contributed by atoms with Crippen LogP contribution in [0.2, 0.25) is 0 Å². The second-order valence-corrected chi connectivity index (χ2v) is 7.39. The Morgan fingerprint density at radius 2 is 2.05 bits per heavy atom. The molecule has 1 fully saturated rings. The first-order chi connectivity index (χ1) is 8.88. The van der Waals surface area contributed by atoms with Crippen LogP contribution in [0.25, 0.3) is 0 Å². The Balaban J connectivity index is 2.05. The van der Waals surface area contributed by atoms with Crippen molar-refractivity contribution in [1.82, 2.24) is 5.32 Å². The third-order valence-electron chi connectivity index (χ3n) is 3.31. The molecule has 0 aromatic heterocycles. The van der Waals surface area contributed by atoms with Crippen molar-refractivity contribution in [3.05, 3.63) is 29.3 Å². The fourth-order valence-corrected chi connectivity index (χ4v) is 3.76. The number of aliphatic hydroxyl groups excluding tert-OH is 1. The molecular weight excluding hydrogens is 262 g/mol. The quantitative estimate of drug-likeness (QED) is 0.823. The summed E-state index contributed by atoms with van der Waals surface area (Å²) < 4.78 is 24.6. The van der Waals surface area contributed by atoms with Crippen LogP contribution in [0, 0.1) is 13.8 Å². The van der Waals surface area contributed by atoms with Gasteiger partial charge in [0.15, 0.2) is 9.84 Å². The third kappa shape index (κ3) is 4.03. The summed E-state index contributed by atoms with van der Waals surface area (Å²) in [5, 5.41) is 13.0. The lowest BCUT2D eigenvalue weighted by Crippen LogP contribution is -2.33. The van der Waals surface area contributed by atoms with Crippen LogP contribution >= 0.6 is 0 Å². The smallest absolute Gasteiger partial charge is 0.181 e. The van der Waals surface area contributed by atoms with Gasteiger partial charge >= 0.3 is 0 Å². The van der Waals surface area contributed by atoms with Crippen LogP contribution in [-0.4, -0.2) is 38.0 Å². The van der Waals surface area contributed by atoms with Crippen LogP contribution in [0.4, 0.5) is 0 Å². The zero-order valence-corrected chi connectivity index (χ0v) is 12.2. The first-order valence-corrected chi connectivity index (χ1v) is 8.25. The third-order valence-corrected chi connectivity index (χ3v) is 5.24. The zero-order valence-electron chi connectivity index (χ0n) is 11.4. The molecule has 0 saturated heterocycles. The molecule has 1 atom stereocenters. The summed E-state index contributed by atoms with van der Waals surface area (Å²) in [4.78, 5) is 0.331. The van der Waals surface area contributed by atoms with Gasteiger partial charge in [0, 0.05) is 12.6 Å². The van der Waals surface area contributed by atoms with Gasteiger partial charge in [-0.2, -0.15) is 0 Å². The average molecular weight is 283 g/mol. The van der Waals surface area contributed by atoms with Crippen LogP contribution < -0.4 is 5.32 Å². The van der Waals surface area contributed by atoms with Crippen molar-refractivity contribution in [2.24, 2.45) is 0 Å². The predicted molar refractivity (Wildman–Crippen MR) is 75.0 cm³/mol. The number of benzene rings is 1. The van der Waals surface area contributed by atoms with Crippen molar-refractivity contribution < 1.29 is 13.5 Å². The maximum absolute atomic E-state index is 12.3. The lowest BCUT2D eigenvalue weighted by molar-refractivity contribution is 0.193. The summed E-state index contributed by atoms with van der Waals surface area (Å²) in [7, 11) is -3.43. The lowest BCUT2D eigenvalue weighted by Gasteiger charge is -2.14. The van der Waals surface area contributed by atoms with Crippen LogP contribution in [0.5, 0.6) is 0 Å². The van der Waals surface area contributed by atoms with Gasteiger partial charge in [-0.3, -0.25) is 0 Å². The number of sulfone groups is 1. The summed E-state index contributed by atoms with van der Waals surface area (Å²) in [6, 6.07) is 5.83. The highest BCUT2D eigenvalue weighted by Crippen LogP contribution is 2.20. The van der Waals surface area contributed by atoms with E-state index in [1.54, 1.807) is 19.1 Å². The summed E-state index contributed by atoms with van der Waals surface area (Å²) in [6.45, 7) is 3.99. The van der Waals surface area contributed by atoms with E-state index in [-0.39, 0.29) is 5.75 Å². The van der Waals surface area contributed by atoms with Gasteiger partial charge in [0.2, 0.25) is 0 Å². The minimum atomic E-state index is -3.43. The molecule has 1 aromatic carbocycles. The molecule has 0 heterocycles. The molecule has 1 unspecified atom stereocenters. The van der Waals surface area contributed by atoms with Gasteiger partial charge in [0.05, 0.1) is 16.8 Å². The number of rotatable bonds is 6. The average Bonchev–Trinajstić information content (AvgIpc) is 3.13. The molecule has 2 rings (SSSR count). The van der Waals surface area contributed by atoms with E-state index in [1.165, 1.54) is 0 Å². The van der Waals surface area contributed by atoms with Crippen molar-refractivity contribution in [2.75, 3.05) is 12.3 Å². The zero-order chi connectivity index (χ0) is 14.0. The summed E-state index contributed by atoms with van der Waals surface area (Å²) in [6.07, 6.45) is 1.39. The summed E-state index contributed by atoms with van der Waals surface area (Å²) in [5.74, 6) is -0.225. The van der Waals surface area contributed by atoms with E-state index in [9.17, 15) is 13.5 Å². The molecular formula is C14H21NO3S. The summed E-state index contributed by atoms with van der Waals surface area (Å²) >= 11 is 0. The van der Waals surface area contributed by atoms with Gasteiger partial charge in [-0.05, 0) is 43.9 Å². The maximum Gasteiger partial charge on any atom is 0.181 e. The number of aryl methyl sites for hydroxylation is 2. The second kappa shape index (κ2) is 5.61. The molecule has 2 N–H and O–H groups in total. The molecule has 0 radical (unpaired) electrons. The van der Waals surface area contributed by atoms with Crippen LogP contribution in [0.15, 0.2) is 23.1 Å². The SMILES string of the molecule is Cc1ccc(C)c(S(=O)(=O)CC(O)CNC2CC2)c1. The maximum atomic E-state index is 12.3. The van der Waals surface area contributed by atoms with Gasteiger partial charge in [-0.15, -0.1) is 0 Å². The molecule has 1 aliphatic rings. The van der Waals surface area contributed by atoms with E-state index in [4.69, 9.17) is 0 Å². The molecule has 0 amide bonds. The minimum absolute atomic E-state index is 0.225. The summed E-state index contributed by atoms with van der Waals surface area (Å²) in [5.41, 5.74) is 1.64. The molecule has 19 heavy (non-hydrogen) atoms. The van der Waals surface area contributed by atoms with Gasteiger partial charge in [-0.1, -0.05) is 12.1 Å².